The molecule has 0 radical (unpaired) electrons. The minimum absolute atomic E-state index is 0.657. The molecule has 6 rings (SSSR count). The van der Waals surface area contributed by atoms with Crippen molar-refractivity contribution < 1.29 is 9.47 Å². The van der Waals surface area contributed by atoms with Gasteiger partial charge in [-0.15, -0.1) is 0 Å². The van der Waals surface area contributed by atoms with Crippen molar-refractivity contribution in [2.45, 2.75) is 25.8 Å². The average molecular weight is 509 g/mol. The van der Waals surface area contributed by atoms with E-state index in [9.17, 15) is 0 Å². The van der Waals surface area contributed by atoms with Gasteiger partial charge in [-0.05, 0) is 73.5 Å². The van der Waals surface area contributed by atoms with E-state index in [0.29, 0.717) is 13.0 Å². The number of nitrogens with zero attached hydrogens (tertiary/aromatic N) is 6. The van der Waals surface area contributed by atoms with Crippen LogP contribution in [0.2, 0.25) is 0 Å². The fourth-order valence-electron chi connectivity index (χ4n) is 4.97. The number of aromatic nitrogens is 5. The molecule has 1 fully saturated rings. The predicted octanol–water partition coefficient (Wildman–Crippen LogP) is 4.72. The second-order valence-corrected chi connectivity index (χ2v) is 9.71. The second-order valence-electron chi connectivity index (χ2n) is 9.71. The molecule has 38 heavy (non-hydrogen) atoms. The fourth-order valence-corrected chi connectivity index (χ4v) is 4.97. The van der Waals surface area contributed by atoms with Crippen LogP contribution < -0.4 is 9.47 Å². The van der Waals surface area contributed by atoms with E-state index in [4.69, 9.17) is 19.6 Å². The lowest BCUT2D eigenvalue weighted by molar-refractivity contribution is 0.238. The summed E-state index contributed by atoms with van der Waals surface area (Å²) in [4.78, 5) is 7.24. The maximum Gasteiger partial charge on any atom is 0.156 e. The van der Waals surface area contributed by atoms with E-state index in [-0.39, 0.29) is 0 Å². The highest BCUT2D eigenvalue weighted by Crippen LogP contribution is 2.22. The van der Waals surface area contributed by atoms with Gasteiger partial charge in [0.15, 0.2) is 11.5 Å². The van der Waals surface area contributed by atoms with Crippen LogP contribution in [0.25, 0.3) is 16.9 Å². The molecule has 0 N–H and O–H groups in total. The third-order valence-corrected chi connectivity index (χ3v) is 6.97. The Balaban J connectivity index is 1.13. The van der Waals surface area contributed by atoms with E-state index in [0.717, 1.165) is 58.5 Å². The molecule has 194 valence electrons. The molecular weight excluding hydrogens is 476 g/mol. The molecular formula is C30H32N6O2. The average Bonchev–Trinajstić information content (AvgIpc) is 3.71. The molecule has 0 amide bonds. The van der Waals surface area contributed by atoms with E-state index < -0.39 is 0 Å². The number of ether oxygens (including phenoxy) is 2. The summed E-state index contributed by atoms with van der Waals surface area (Å²) in [6.07, 6.45) is 7.18. The molecule has 1 aliphatic rings. The highest BCUT2D eigenvalue weighted by Gasteiger charge is 2.13. The summed E-state index contributed by atoms with van der Waals surface area (Å²) in [5.74, 6) is 2.53. The first kappa shape index (κ1) is 24.2. The van der Waals surface area contributed by atoms with Crippen LogP contribution in [0.1, 0.15) is 29.8 Å². The Hall–Kier alpha value is -4.17. The van der Waals surface area contributed by atoms with Crippen molar-refractivity contribution in [1.29, 1.82) is 0 Å². The van der Waals surface area contributed by atoms with Crippen molar-refractivity contribution in [3.63, 3.8) is 0 Å². The summed E-state index contributed by atoms with van der Waals surface area (Å²) in [6.45, 7) is 4.78. The lowest BCUT2D eigenvalue weighted by Gasteiger charge is -2.14. The Bertz CT molecular complexity index is 1500. The predicted molar refractivity (Wildman–Crippen MR) is 147 cm³/mol. The maximum atomic E-state index is 5.95. The quantitative estimate of drug-likeness (QED) is 0.272. The van der Waals surface area contributed by atoms with Crippen LogP contribution in [0.15, 0.2) is 79.1 Å². The first-order chi connectivity index (χ1) is 18.7. The van der Waals surface area contributed by atoms with Crippen molar-refractivity contribution in [3.8, 4) is 22.8 Å². The third kappa shape index (κ3) is 5.55. The number of hydrogen-bond donors (Lipinski definition) is 0. The lowest BCUT2D eigenvalue weighted by atomic mass is 10.1. The summed E-state index contributed by atoms with van der Waals surface area (Å²) in [6, 6.07) is 22.4. The molecule has 8 nitrogen and oxygen atoms in total. The van der Waals surface area contributed by atoms with Crippen LogP contribution in [0.5, 0.6) is 11.5 Å². The molecule has 1 aliphatic heterocycles. The van der Waals surface area contributed by atoms with Crippen LogP contribution >= 0.6 is 0 Å². The standard InChI is InChI=1S/C30H32N6O2/c1-37-27-7-4-6-24(18-27)21-35-22-25(20-31-35)28-8-5-9-30-32-29(33-36(28)30)19-23-10-12-26(13-11-23)38-17-16-34-14-2-3-15-34/h4-13,18,20,22H,2-3,14-17,19,21H2,1H3. The normalized spacial score (nSPS) is 13.8. The molecule has 0 atom stereocenters. The lowest BCUT2D eigenvalue weighted by Crippen LogP contribution is -2.25. The number of methoxy groups -OCH3 is 1. The Kier molecular flexibility index (Phi) is 7.04. The van der Waals surface area contributed by atoms with Crippen LogP contribution in [-0.2, 0) is 13.0 Å². The molecule has 0 unspecified atom stereocenters. The molecule has 0 saturated carbocycles. The summed E-state index contributed by atoms with van der Waals surface area (Å²) in [7, 11) is 1.68. The van der Waals surface area contributed by atoms with Gasteiger partial charge in [0.05, 0.1) is 25.5 Å². The Labute approximate surface area is 222 Å². The van der Waals surface area contributed by atoms with Crippen molar-refractivity contribution in [3.05, 3.63) is 96.1 Å². The van der Waals surface area contributed by atoms with Gasteiger partial charge in [0.2, 0.25) is 0 Å². The first-order valence-corrected chi connectivity index (χ1v) is 13.2. The zero-order chi connectivity index (χ0) is 25.7. The van der Waals surface area contributed by atoms with Crippen LogP contribution in [0.4, 0.5) is 0 Å². The molecule has 0 spiro atoms. The number of benzene rings is 2. The smallest absolute Gasteiger partial charge is 0.156 e. The van der Waals surface area contributed by atoms with Crippen molar-refractivity contribution in [1.82, 2.24) is 29.3 Å². The van der Waals surface area contributed by atoms with E-state index in [1.54, 1.807) is 7.11 Å². The van der Waals surface area contributed by atoms with Gasteiger partial charge in [-0.1, -0.05) is 30.3 Å². The van der Waals surface area contributed by atoms with Crippen molar-refractivity contribution >= 4 is 5.65 Å². The monoisotopic (exact) mass is 508 g/mol. The van der Waals surface area contributed by atoms with Gasteiger partial charge in [-0.2, -0.15) is 10.2 Å². The van der Waals surface area contributed by atoms with E-state index in [1.165, 1.54) is 25.9 Å². The van der Waals surface area contributed by atoms with Crippen LogP contribution in [-0.4, -0.2) is 62.6 Å². The van der Waals surface area contributed by atoms with Gasteiger partial charge in [-0.25, -0.2) is 9.50 Å². The summed E-state index contributed by atoms with van der Waals surface area (Å²) in [5, 5.41) is 9.41. The number of fused-ring (bicyclic) bond motifs is 1. The van der Waals surface area contributed by atoms with Gasteiger partial charge in [-0.3, -0.25) is 9.58 Å². The van der Waals surface area contributed by atoms with Gasteiger partial charge in [0, 0.05) is 24.7 Å². The Morgan fingerprint density at radius 2 is 1.74 bits per heavy atom. The van der Waals surface area contributed by atoms with Gasteiger partial charge >= 0.3 is 0 Å². The highest BCUT2D eigenvalue weighted by atomic mass is 16.5. The number of rotatable bonds is 10. The maximum absolute atomic E-state index is 5.95. The van der Waals surface area contributed by atoms with Crippen LogP contribution in [0.3, 0.4) is 0 Å². The number of pyridine rings is 1. The summed E-state index contributed by atoms with van der Waals surface area (Å²) in [5.41, 5.74) is 5.05. The van der Waals surface area contributed by atoms with Gasteiger partial charge in [0.25, 0.3) is 0 Å². The van der Waals surface area contributed by atoms with E-state index >= 15 is 0 Å². The van der Waals surface area contributed by atoms with E-state index in [1.807, 2.05) is 70.1 Å². The second kappa shape index (κ2) is 11.1. The first-order valence-electron chi connectivity index (χ1n) is 13.2. The molecule has 1 saturated heterocycles. The van der Waals surface area contributed by atoms with Gasteiger partial charge < -0.3 is 9.47 Å². The third-order valence-electron chi connectivity index (χ3n) is 6.97. The van der Waals surface area contributed by atoms with E-state index in [2.05, 4.69) is 28.2 Å². The summed E-state index contributed by atoms with van der Waals surface area (Å²) >= 11 is 0. The molecule has 0 aliphatic carbocycles. The molecule has 5 aromatic rings. The largest absolute Gasteiger partial charge is 0.497 e. The summed E-state index contributed by atoms with van der Waals surface area (Å²) < 4.78 is 15.1. The number of hydrogen-bond acceptors (Lipinski definition) is 6. The van der Waals surface area contributed by atoms with Gasteiger partial charge in [0.1, 0.15) is 18.1 Å². The van der Waals surface area contributed by atoms with Crippen molar-refractivity contribution in [2.24, 2.45) is 0 Å². The van der Waals surface area contributed by atoms with Crippen LogP contribution in [0, 0.1) is 0 Å². The Morgan fingerprint density at radius 1 is 0.895 bits per heavy atom. The topological polar surface area (TPSA) is 69.7 Å². The SMILES string of the molecule is COc1cccc(Cn2cc(-c3cccc4nc(Cc5ccc(OCCN6CCCC6)cc5)nn34)cn2)c1. The number of likely N-dealkylation sites (tertiary alicyclic amines) is 1. The Morgan fingerprint density at radius 3 is 2.58 bits per heavy atom. The zero-order valence-electron chi connectivity index (χ0n) is 21.7. The minimum Gasteiger partial charge on any atom is -0.497 e. The van der Waals surface area contributed by atoms with Crippen molar-refractivity contribution in [2.75, 3.05) is 33.4 Å². The molecule has 2 aromatic carbocycles. The zero-order valence-corrected chi connectivity index (χ0v) is 21.7. The molecule has 0 bridgehead atoms. The molecule has 4 heterocycles. The molecule has 8 heteroatoms. The minimum atomic E-state index is 0.657. The highest BCUT2D eigenvalue weighted by molar-refractivity contribution is 5.61. The molecule has 3 aromatic heterocycles. The fraction of sp³-hybridized carbons (Fsp3) is 0.300.